The van der Waals surface area contributed by atoms with Gasteiger partial charge in [0.25, 0.3) is 0 Å². The molecule has 2 aromatic carbocycles. The van der Waals surface area contributed by atoms with Crippen molar-refractivity contribution >= 4 is 0 Å². The molecule has 0 amide bonds. The van der Waals surface area contributed by atoms with Crippen molar-refractivity contribution in [3.8, 4) is 0 Å². The molecule has 1 unspecified atom stereocenters. The van der Waals surface area contributed by atoms with E-state index in [4.69, 9.17) is 0 Å². The molecule has 0 bridgehead atoms. The van der Waals surface area contributed by atoms with Crippen molar-refractivity contribution < 1.29 is 8.78 Å². The molecule has 0 fully saturated rings. The Morgan fingerprint density at radius 2 is 1.50 bits per heavy atom. The number of rotatable bonds is 5. The molecule has 0 saturated carbocycles. The lowest BCUT2D eigenvalue weighted by Crippen LogP contribution is -2.20. The Morgan fingerprint density at radius 1 is 0.950 bits per heavy atom. The fraction of sp³-hybridized carbons (Fsp3) is 0.294. The maximum absolute atomic E-state index is 13.6. The first kappa shape index (κ1) is 14.7. The zero-order valence-corrected chi connectivity index (χ0v) is 11.8. The molecular formula is C17H19F2N. The number of hydrogen-bond donors (Lipinski definition) is 1. The minimum absolute atomic E-state index is 0.0951. The van der Waals surface area contributed by atoms with E-state index < -0.39 is 11.6 Å². The molecule has 0 aliphatic carbocycles. The van der Waals surface area contributed by atoms with Gasteiger partial charge in [-0.2, -0.15) is 0 Å². The van der Waals surface area contributed by atoms with Crippen LogP contribution < -0.4 is 5.32 Å². The van der Waals surface area contributed by atoms with Gasteiger partial charge in [0.1, 0.15) is 11.6 Å². The Kier molecular flexibility index (Phi) is 4.85. The molecule has 1 nitrogen and oxygen atoms in total. The van der Waals surface area contributed by atoms with Gasteiger partial charge in [0, 0.05) is 18.2 Å². The summed E-state index contributed by atoms with van der Waals surface area (Å²) in [4.78, 5) is 0. The van der Waals surface area contributed by atoms with Gasteiger partial charge in [-0.15, -0.1) is 0 Å². The first-order chi connectivity index (χ1) is 9.61. The van der Waals surface area contributed by atoms with E-state index >= 15 is 0 Å². The van der Waals surface area contributed by atoms with E-state index in [1.54, 1.807) is 6.92 Å². The summed E-state index contributed by atoms with van der Waals surface area (Å²) in [5, 5.41) is 3.15. The number of hydrogen-bond acceptors (Lipinski definition) is 1. The second kappa shape index (κ2) is 6.62. The van der Waals surface area contributed by atoms with Crippen LogP contribution in [-0.2, 0) is 13.0 Å². The van der Waals surface area contributed by atoms with Crippen LogP contribution in [0, 0.1) is 11.6 Å². The molecule has 0 aromatic heterocycles. The average Bonchev–Trinajstić information content (AvgIpc) is 2.45. The van der Waals surface area contributed by atoms with E-state index in [-0.39, 0.29) is 11.6 Å². The standard InChI is InChI=1S/C17H19F2N/c1-3-13-7-9-14(10-8-13)11-20-12(2)17-15(18)5-4-6-16(17)19/h4-10,12,20H,3,11H2,1-2H3. The molecule has 1 N–H and O–H groups in total. The molecular weight excluding hydrogens is 256 g/mol. The third-order valence-electron chi connectivity index (χ3n) is 3.48. The largest absolute Gasteiger partial charge is 0.306 e. The molecule has 2 rings (SSSR count). The number of nitrogens with one attached hydrogen (secondary N) is 1. The molecule has 1 atom stereocenters. The summed E-state index contributed by atoms with van der Waals surface area (Å²) in [5.41, 5.74) is 2.48. The molecule has 106 valence electrons. The zero-order valence-electron chi connectivity index (χ0n) is 11.8. The van der Waals surface area contributed by atoms with E-state index in [0.29, 0.717) is 6.54 Å². The summed E-state index contributed by atoms with van der Waals surface area (Å²) in [6, 6.07) is 11.8. The highest BCUT2D eigenvalue weighted by molar-refractivity contribution is 5.24. The van der Waals surface area contributed by atoms with E-state index in [1.807, 2.05) is 12.1 Å². The van der Waals surface area contributed by atoms with Crippen LogP contribution in [0.2, 0.25) is 0 Å². The molecule has 0 spiro atoms. The Hall–Kier alpha value is -1.74. The van der Waals surface area contributed by atoms with Crippen LogP contribution in [0.25, 0.3) is 0 Å². The van der Waals surface area contributed by atoms with Gasteiger partial charge in [-0.1, -0.05) is 37.3 Å². The number of benzene rings is 2. The highest BCUT2D eigenvalue weighted by Gasteiger charge is 2.15. The van der Waals surface area contributed by atoms with Gasteiger partial charge in [-0.3, -0.25) is 0 Å². The SMILES string of the molecule is CCc1ccc(CNC(C)c2c(F)cccc2F)cc1. The second-order valence-corrected chi connectivity index (χ2v) is 4.91. The summed E-state index contributed by atoms with van der Waals surface area (Å²) < 4.78 is 27.3. The summed E-state index contributed by atoms with van der Waals surface area (Å²) in [6.45, 7) is 4.46. The van der Waals surface area contributed by atoms with Crippen molar-refractivity contribution in [2.75, 3.05) is 0 Å². The van der Waals surface area contributed by atoms with E-state index in [0.717, 1.165) is 12.0 Å². The van der Waals surface area contributed by atoms with Gasteiger partial charge in [-0.05, 0) is 36.6 Å². The van der Waals surface area contributed by atoms with Crippen LogP contribution in [0.3, 0.4) is 0 Å². The molecule has 0 aliphatic heterocycles. The van der Waals surface area contributed by atoms with Gasteiger partial charge < -0.3 is 5.32 Å². The van der Waals surface area contributed by atoms with Gasteiger partial charge in [0.2, 0.25) is 0 Å². The van der Waals surface area contributed by atoms with Crippen molar-refractivity contribution in [1.29, 1.82) is 0 Å². The molecule has 0 aliphatic rings. The topological polar surface area (TPSA) is 12.0 Å². The Morgan fingerprint density at radius 3 is 2.05 bits per heavy atom. The fourth-order valence-electron chi connectivity index (χ4n) is 2.19. The first-order valence-corrected chi connectivity index (χ1v) is 6.87. The van der Waals surface area contributed by atoms with Crippen molar-refractivity contribution in [1.82, 2.24) is 5.32 Å². The third-order valence-corrected chi connectivity index (χ3v) is 3.48. The van der Waals surface area contributed by atoms with Crippen LogP contribution in [0.15, 0.2) is 42.5 Å². The van der Waals surface area contributed by atoms with Gasteiger partial charge in [-0.25, -0.2) is 8.78 Å². The van der Waals surface area contributed by atoms with E-state index in [1.165, 1.54) is 23.8 Å². The molecule has 20 heavy (non-hydrogen) atoms. The maximum atomic E-state index is 13.6. The summed E-state index contributed by atoms with van der Waals surface area (Å²) in [6.07, 6.45) is 1.00. The lowest BCUT2D eigenvalue weighted by Gasteiger charge is -2.16. The van der Waals surface area contributed by atoms with Crippen LogP contribution in [0.5, 0.6) is 0 Å². The number of aryl methyl sites for hydroxylation is 1. The van der Waals surface area contributed by atoms with Crippen LogP contribution >= 0.6 is 0 Å². The summed E-state index contributed by atoms with van der Waals surface area (Å²) in [5.74, 6) is -1.02. The lowest BCUT2D eigenvalue weighted by molar-refractivity contribution is 0.487. The van der Waals surface area contributed by atoms with Crippen molar-refractivity contribution in [3.63, 3.8) is 0 Å². The van der Waals surface area contributed by atoms with Gasteiger partial charge in [0.15, 0.2) is 0 Å². The number of halogens is 2. The average molecular weight is 275 g/mol. The van der Waals surface area contributed by atoms with Crippen molar-refractivity contribution in [3.05, 3.63) is 70.8 Å². The molecule has 0 saturated heterocycles. The normalized spacial score (nSPS) is 12.4. The molecule has 0 radical (unpaired) electrons. The van der Waals surface area contributed by atoms with Crippen molar-refractivity contribution in [2.45, 2.75) is 32.9 Å². The van der Waals surface area contributed by atoms with Crippen LogP contribution in [0.1, 0.15) is 36.6 Å². The molecule has 3 heteroatoms. The first-order valence-electron chi connectivity index (χ1n) is 6.87. The smallest absolute Gasteiger partial charge is 0.130 e. The van der Waals surface area contributed by atoms with Gasteiger partial charge in [0.05, 0.1) is 0 Å². The summed E-state index contributed by atoms with van der Waals surface area (Å²) >= 11 is 0. The Balaban J connectivity index is 2.02. The van der Waals surface area contributed by atoms with Gasteiger partial charge >= 0.3 is 0 Å². The zero-order chi connectivity index (χ0) is 14.5. The molecule has 2 aromatic rings. The Labute approximate surface area is 118 Å². The highest BCUT2D eigenvalue weighted by Crippen LogP contribution is 2.20. The predicted molar refractivity (Wildman–Crippen MR) is 77.4 cm³/mol. The quantitative estimate of drug-likeness (QED) is 0.854. The second-order valence-electron chi connectivity index (χ2n) is 4.91. The van der Waals surface area contributed by atoms with E-state index in [9.17, 15) is 8.78 Å². The maximum Gasteiger partial charge on any atom is 0.130 e. The monoisotopic (exact) mass is 275 g/mol. The predicted octanol–water partition coefficient (Wildman–Crippen LogP) is 4.38. The molecule has 0 heterocycles. The Bertz CT molecular complexity index is 543. The van der Waals surface area contributed by atoms with Crippen molar-refractivity contribution in [2.24, 2.45) is 0 Å². The summed E-state index contributed by atoms with van der Waals surface area (Å²) in [7, 11) is 0. The minimum atomic E-state index is -0.508. The third kappa shape index (κ3) is 3.42. The van der Waals surface area contributed by atoms with Crippen LogP contribution in [-0.4, -0.2) is 0 Å². The highest BCUT2D eigenvalue weighted by atomic mass is 19.1. The lowest BCUT2D eigenvalue weighted by atomic mass is 10.1. The minimum Gasteiger partial charge on any atom is -0.306 e. The fourth-order valence-corrected chi connectivity index (χ4v) is 2.19. The van der Waals surface area contributed by atoms with Crippen LogP contribution in [0.4, 0.5) is 8.78 Å². The van der Waals surface area contributed by atoms with E-state index in [2.05, 4.69) is 24.4 Å².